The Kier molecular flexibility index (Phi) is 2.69. The van der Waals surface area contributed by atoms with Gasteiger partial charge in [-0.25, -0.2) is 4.79 Å². The Labute approximate surface area is 97.6 Å². The van der Waals surface area contributed by atoms with E-state index < -0.39 is 0 Å². The molecule has 0 radical (unpaired) electrons. The molecule has 0 spiro atoms. The van der Waals surface area contributed by atoms with E-state index in [4.69, 9.17) is 0 Å². The summed E-state index contributed by atoms with van der Waals surface area (Å²) in [5.41, 5.74) is 3.29. The lowest BCUT2D eigenvalue weighted by atomic mass is 10.1. The van der Waals surface area contributed by atoms with E-state index in [0.717, 1.165) is 34.4 Å². The van der Waals surface area contributed by atoms with Crippen molar-refractivity contribution in [3.05, 3.63) is 27.7 Å². The van der Waals surface area contributed by atoms with Crippen molar-refractivity contribution < 1.29 is 4.79 Å². The monoisotopic (exact) mass is 268 g/mol. The predicted octanol–water partition coefficient (Wildman–Crippen LogP) is 2.60. The molecule has 1 N–H and O–H groups in total. The first-order chi connectivity index (χ1) is 7.09. The zero-order chi connectivity index (χ0) is 11.0. The molecular weight excluding hydrogens is 256 g/mol. The fourth-order valence-corrected chi connectivity index (χ4v) is 2.03. The van der Waals surface area contributed by atoms with Gasteiger partial charge in [-0.2, -0.15) is 0 Å². The zero-order valence-electron chi connectivity index (χ0n) is 8.80. The van der Waals surface area contributed by atoms with Crippen molar-refractivity contribution in [2.75, 3.05) is 18.0 Å². The van der Waals surface area contributed by atoms with E-state index in [-0.39, 0.29) is 6.03 Å². The van der Waals surface area contributed by atoms with Crippen LogP contribution in [0.2, 0.25) is 0 Å². The Morgan fingerprint density at radius 1 is 1.33 bits per heavy atom. The maximum Gasteiger partial charge on any atom is 0.321 e. The summed E-state index contributed by atoms with van der Waals surface area (Å²) >= 11 is 3.52. The van der Waals surface area contributed by atoms with E-state index in [1.54, 1.807) is 4.90 Å². The summed E-state index contributed by atoms with van der Waals surface area (Å²) in [5, 5.41) is 2.80. The minimum Gasteiger partial charge on any atom is -0.336 e. The van der Waals surface area contributed by atoms with Crippen molar-refractivity contribution >= 4 is 27.6 Å². The molecular formula is C11H13BrN2O. The maximum absolute atomic E-state index is 11.5. The van der Waals surface area contributed by atoms with Crippen molar-refractivity contribution in [2.45, 2.75) is 13.8 Å². The van der Waals surface area contributed by atoms with E-state index in [1.807, 2.05) is 26.0 Å². The molecule has 1 aliphatic rings. The Balaban J connectivity index is 2.41. The number of carbonyl (C=O) groups is 1. The highest BCUT2D eigenvalue weighted by atomic mass is 79.9. The number of rotatable bonds is 1. The lowest BCUT2D eigenvalue weighted by molar-refractivity contribution is 0.252. The Hall–Kier alpha value is -1.03. The predicted molar refractivity (Wildman–Crippen MR) is 64.4 cm³/mol. The Morgan fingerprint density at radius 3 is 2.40 bits per heavy atom. The summed E-state index contributed by atoms with van der Waals surface area (Å²) < 4.78 is 1.12. The first-order valence-corrected chi connectivity index (χ1v) is 5.71. The number of carbonyl (C=O) groups excluding carboxylic acids is 1. The number of hydrogen-bond donors (Lipinski definition) is 1. The minimum absolute atomic E-state index is 0.00359. The number of anilines is 1. The maximum atomic E-state index is 11.5. The standard InChI is InChI=1S/C11H13BrN2O/c1-7-5-9(6-8(2)10(7)12)14-4-3-13-11(14)15/h5-6H,3-4H2,1-2H3,(H,13,15). The second-order valence-electron chi connectivity index (χ2n) is 3.78. The molecule has 1 aromatic rings. The molecule has 1 fully saturated rings. The van der Waals surface area contributed by atoms with Gasteiger partial charge in [0, 0.05) is 23.2 Å². The van der Waals surface area contributed by atoms with Crippen LogP contribution in [-0.4, -0.2) is 19.1 Å². The highest BCUT2D eigenvalue weighted by Crippen LogP contribution is 2.27. The number of nitrogens with zero attached hydrogens (tertiary/aromatic N) is 1. The molecule has 2 rings (SSSR count). The van der Waals surface area contributed by atoms with Gasteiger partial charge in [-0.05, 0) is 37.1 Å². The van der Waals surface area contributed by atoms with Gasteiger partial charge in [-0.15, -0.1) is 0 Å². The molecule has 0 unspecified atom stereocenters. The van der Waals surface area contributed by atoms with Gasteiger partial charge in [0.2, 0.25) is 0 Å². The highest BCUT2D eigenvalue weighted by Gasteiger charge is 2.21. The van der Waals surface area contributed by atoms with E-state index in [2.05, 4.69) is 21.2 Å². The van der Waals surface area contributed by atoms with Gasteiger partial charge in [-0.1, -0.05) is 15.9 Å². The number of halogens is 1. The van der Waals surface area contributed by atoms with Gasteiger partial charge < -0.3 is 5.32 Å². The fourth-order valence-electron chi connectivity index (χ4n) is 1.80. The molecule has 1 heterocycles. The van der Waals surface area contributed by atoms with Crippen LogP contribution in [0.4, 0.5) is 10.5 Å². The van der Waals surface area contributed by atoms with Crippen LogP contribution in [0.3, 0.4) is 0 Å². The van der Waals surface area contributed by atoms with Gasteiger partial charge in [0.15, 0.2) is 0 Å². The zero-order valence-corrected chi connectivity index (χ0v) is 10.4. The topological polar surface area (TPSA) is 32.3 Å². The van der Waals surface area contributed by atoms with E-state index in [0.29, 0.717) is 0 Å². The first-order valence-electron chi connectivity index (χ1n) is 4.91. The summed E-state index contributed by atoms with van der Waals surface area (Å²) in [6.07, 6.45) is 0. The van der Waals surface area contributed by atoms with Gasteiger partial charge in [0.05, 0.1) is 0 Å². The third-order valence-electron chi connectivity index (χ3n) is 2.59. The average molecular weight is 269 g/mol. The molecule has 1 aromatic carbocycles. The summed E-state index contributed by atoms with van der Waals surface area (Å²) in [7, 11) is 0. The number of nitrogens with one attached hydrogen (secondary N) is 1. The smallest absolute Gasteiger partial charge is 0.321 e. The lowest BCUT2D eigenvalue weighted by Gasteiger charge is -2.16. The van der Waals surface area contributed by atoms with Crippen molar-refractivity contribution in [3.63, 3.8) is 0 Å². The molecule has 0 aliphatic carbocycles. The number of urea groups is 1. The number of hydrogen-bond acceptors (Lipinski definition) is 1. The largest absolute Gasteiger partial charge is 0.336 e. The van der Waals surface area contributed by atoms with Crippen LogP contribution in [0.5, 0.6) is 0 Å². The van der Waals surface area contributed by atoms with Gasteiger partial charge >= 0.3 is 6.03 Å². The molecule has 0 aromatic heterocycles. The molecule has 0 atom stereocenters. The molecule has 1 saturated heterocycles. The quantitative estimate of drug-likeness (QED) is 0.835. The summed E-state index contributed by atoms with van der Waals surface area (Å²) in [5.74, 6) is 0. The summed E-state index contributed by atoms with van der Waals surface area (Å²) in [4.78, 5) is 13.3. The highest BCUT2D eigenvalue weighted by molar-refractivity contribution is 9.10. The number of amides is 2. The van der Waals surface area contributed by atoms with E-state index in [9.17, 15) is 4.79 Å². The lowest BCUT2D eigenvalue weighted by Crippen LogP contribution is -2.27. The summed E-state index contributed by atoms with van der Waals surface area (Å²) in [6.45, 7) is 5.55. The Morgan fingerprint density at radius 2 is 1.93 bits per heavy atom. The van der Waals surface area contributed by atoms with Gasteiger partial charge in [0.25, 0.3) is 0 Å². The molecule has 0 bridgehead atoms. The van der Waals surface area contributed by atoms with Crippen molar-refractivity contribution in [1.29, 1.82) is 0 Å². The van der Waals surface area contributed by atoms with Crippen molar-refractivity contribution in [1.82, 2.24) is 5.32 Å². The van der Waals surface area contributed by atoms with Crippen LogP contribution in [0.1, 0.15) is 11.1 Å². The van der Waals surface area contributed by atoms with E-state index >= 15 is 0 Å². The SMILES string of the molecule is Cc1cc(N2CCNC2=O)cc(C)c1Br. The molecule has 3 nitrogen and oxygen atoms in total. The molecule has 1 aliphatic heterocycles. The average Bonchev–Trinajstić information content (AvgIpc) is 2.60. The van der Waals surface area contributed by atoms with Gasteiger partial charge in [0.1, 0.15) is 0 Å². The van der Waals surface area contributed by atoms with Crippen LogP contribution >= 0.6 is 15.9 Å². The first kappa shape index (κ1) is 10.5. The molecule has 80 valence electrons. The van der Waals surface area contributed by atoms with E-state index in [1.165, 1.54) is 0 Å². The minimum atomic E-state index is -0.00359. The van der Waals surface area contributed by atoms with Crippen LogP contribution < -0.4 is 10.2 Å². The second kappa shape index (κ2) is 3.85. The van der Waals surface area contributed by atoms with Crippen LogP contribution in [0.15, 0.2) is 16.6 Å². The summed E-state index contributed by atoms with van der Waals surface area (Å²) in [6, 6.07) is 4.06. The molecule has 0 saturated carbocycles. The third kappa shape index (κ3) is 1.86. The second-order valence-corrected chi connectivity index (χ2v) is 4.57. The molecule has 15 heavy (non-hydrogen) atoms. The van der Waals surface area contributed by atoms with Gasteiger partial charge in [-0.3, -0.25) is 4.90 Å². The molecule has 2 amide bonds. The third-order valence-corrected chi connectivity index (χ3v) is 3.84. The molecule has 4 heteroatoms. The fraction of sp³-hybridized carbons (Fsp3) is 0.364. The van der Waals surface area contributed by atoms with Crippen LogP contribution in [0.25, 0.3) is 0 Å². The Bertz CT molecular complexity index is 394. The van der Waals surface area contributed by atoms with Crippen LogP contribution in [0, 0.1) is 13.8 Å². The number of aryl methyl sites for hydroxylation is 2. The van der Waals surface area contributed by atoms with Crippen LogP contribution in [-0.2, 0) is 0 Å². The van der Waals surface area contributed by atoms with Crippen molar-refractivity contribution in [2.24, 2.45) is 0 Å². The number of benzene rings is 1. The normalized spacial score (nSPS) is 15.7. The van der Waals surface area contributed by atoms with Crippen molar-refractivity contribution in [3.8, 4) is 0 Å².